The molecule has 0 aromatic rings. The van der Waals surface area contributed by atoms with Crippen LogP contribution in [-0.4, -0.2) is 29.9 Å². The fourth-order valence-corrected chi connectivity index (χ4v) is 1.45. The van der Waals surface area contributed by atoms with Crippen LogP contribution in [0.15, 0.2) is 0 Å². The van der Waals surface area contributed by atoms with E-state index in [0.717, 1.165) is 19.3 Å². The zero-order valence-electron chi connectivity index (χ0n) is 7.44. The summed E-state index contributed by atoms with van der Waals surface area (Å²) >= 11 is 0. The number of carbonyl (C=O) groups is 1. The molecule has 1 saturated heterocycles. The molecule has 0 aromatic heterocycles. The molecule has 2 atom stereocenters. The van der Waals surface area contributed by atoms with Gasteiger partial charge in [0.25, 0.3) is 0 Å². The molecule has 1 heterocycles. The van der Waals surface area contributed by atoms with E-state index in [4.69, 9.17) is 15.7 Å². The van der Waals surface area contributed by atoms with Gasteiger partial charge in [-0.15, -0.1) is 0 Å². The summed E-state index contributed by atoms with van der Waals surface area (Å²) in [6, 6.07) is 0. The van der Waals surface area contributed by atoms with Crippen LogP contribution in [0.4, 0.5) is 0 Å². The van der Waals surface area contributed by atoms with Crippen molar-refractivity contribution in [1.29, 1.82) is 0 Å². The number of hydrogen-bond acceptors (Lipinski definition) is 4. The second-order valence-corrected chi connectivity index (χ2v) is 3.19. The number of aliphatic carboxylic acids is 1. The third kappa shape index (κ3) is 3.30. The van der Waals surface area contributed by atoms with Crippen molar-refractivity contribution in [2.24, 2.45) is 5.90 Å². The lowest BCUT2D eigenvalue weighted by molar-refractivity contribution is -0.154. The average molecular weight is 189 g/mol. The van der Waals surface area contributed by atoms with Crippen LogP contribution in [0, 0.1) is 0 Å². The predicted molar refractivity (Wildman–Crippen MR) is 44.9 cm³/mol. The summed E-state index contributed by atoms with van der Waals surface area (Å²) in [5.74, 6) is 3.82. The van der Waals surface area contributed by atoms with Crippen LogP contribution in [0.25, 0.3) is 0 Å². The monoisotopic (exact) mass is 189 g/mol. The van der Waals surface area contributed by atoms with Gasteiger partial charge in [0.2, 0.25) is 0 Å². The van der Waals surface area contributed by atoms with Gasteiger partial charge in [0.1, 0.15) is 0 Å². The van der Waals surface area contributed by atoms with Crippen LogP contribution in [0.5, 0.6) is 0 Å². The van der Waals surface area contributed by atoms with Crippen LogP contribution >= 0.6 is 0 Å². The highest BCUT2D eigenvalue weighted by atomic mass is 16.6. The second kappa shape index (κ2) is 5.16. The third-order valence-electron chi connectivity index (χ3n) is 2.19. The summed E-state index contributed by atoms with van der Waals surface area (Å²) in [7, 11) is 0. The number of rotatable bonds is 4. The SMILES string of the molecule is NO[C@@H](C[C@H]1CCCCO1)C(=O)O. The highest BCUT2D eigenvalue weighted by Gasteiger charge is 2.24. The average Bonchev–Trinajstić information content (AvgIpc) is 2.15. The van der Waals surface area contributed by atoms with Crippen LogP contribution in [0.2, 0.25) is 0 Å². The van der Waals surface area contributed by atoms with Crippen LogP contribution in [0.1, 0.15) is 25.7 Å². The molecule has 3 N–H and O–H groups in total. The van der Waals surface area contributed by atoms with E-state index in [9.17, 15) is 4.79 Å². The van der Waals surface area contributed by atoms with Crippen molar-refractivity contribution in [2.45, 2.75) is 37.9 Å². The van der Waals surface area contributed by atoms with Crippen molar-refractivity contribution in [3.05, 3.63) is 0 Å². The second-order valence-electron chi connectivity index (χ2n) is 3.19. The largest absolute Gasteiger partial charge is 0.479 e. The normalized spacial score (nSPS) is 25.5. The van der Waals surface area contributed by atoms with Gasteiger partial charge in [-0.25, -0.2) is 10.7 Å². The molecule has 5 nitrogen and oxygen atoms in total. The first kappa shape index (κ1) is 10.4. The van der Waals surface area contributed by atoms with E-state index in [1.54, 1.807) is 0 Å². The molecule has 0 aromatic carbocycles. The number of ether oxygens (including phenoxy) is 1. The zero-order chi connectivity index (χ0) is 9.68. The first-order valence-electron chi connectivity index (χ1n) is 4.44. The molecule has 76 valence electrons. The Bertz CT molecular complexity index is 168. The minimum atomic E-state index is -1.03. The van der Waals surface area contributed by atoms with Crippen LogP contribution in [0.3, 0.4) is 0 Å². The molecule has 1 aliphatic heterocycles. The Kier molecular flexibility index (Phi) is 4.14. The number of carboxylic acids is 1. The van der Waals surface area contributed by atoms with Gasteiger partial charge in [-0.3, -0.25) is 4.84 Å². The summed E-state index contributed by atoms with van der Waals surface area (Å²) in [6.45, 7) is 0.710. The lowest BCUT2D eigenvalue weighted by Crippen LogP contribution is -2.33. The molecule has 0 amide bonds. The van der Waals surface area contributed by atoms with Gasteiger partial charge in [-0.05, 0) is 19.3 Å². The molecular weight excluding hydrogens is 174 g/mol. The number of hydrogen-bond donors (Lipinski definition) is 2. The van der Waals surface area contributed by atoms with Crippen LogP contribution in [-0.2, 0) is 14.4 Å². The van der Waals surface area contributed by atoms with Crippen molar-refractivity contribution in [1.82, 2.24) is 0 Å². The molecule has 1 aliphatic rings. The summed E-state index contributed by atoms with van der Waals surface area (Å²) < 4.78 is 5.36. The number of nitrogens with two attached hydrogens (primary N) is 1. The summed E-state index contributed by atoms with van der Waals surface area (Å²) in [4.78, 5) is 14.9. The van der Waals surface area contributed by atoms with E-state index in [2.05, 4.69) is 4.84 Å². The Hall–Kier alpha value is -0.650. The van der Waals surface area contributed by atoms with Gasteiger partial charge < -0.3 is 9.84 Å². The first-order chi connectivity index (χ1) is 6.24. The van der Waals surface area contributed by atoms with Gasteiger partial charge >= 0.3 is 5.97 Å². The maximum absolute atomic E-state index is 10.5. The van der Waals surface area contributed by atoms with Crippen LogP contribution < -0.4 is 5.90 Å². The minimum absolute atomic E-state index is 0.0154. The van der Waals surface area contributed by atoms with E-state index in [0.29, 0.717) is 13.0 Å². The smallest absolute Gasteiger partial charge is 0.335 e. The van der Waals surface area contributed by atoms with Crippen molar-refractivity contribution in [2.75, 3.05) is 6.61 Å². The molecule has 5 heteroatoms. The van der Waals surface area contributed by atoms with Gasteiger partial charge in [0.05, 0.1) is 6.10 Å². The summed E-state index contributed by atoms with van der Waals surface area (Å²) in [6.07, 6.45) is 2.42. The van der Waals surface area contributed by atoms with Gasteiger partial charge in [0.15, 0.2) is 6.10 Å². The Morgan fingerprint density at radius 2 is 2.46 bits per heavy atom. The molecule has 0 saturated carbocycles. The van der Waals surface area contributed by atoms with Crippen molar-refractivity contribution in [3.8, 4) is 0 Å². The Labute approximate surface area is 76.8 Å². The molecule has 0 radical (unpaired) electrons. The molecule has 0 aliphatic carbocycles. The molecule has 1 fully saturated rings. The van der Waals surface area contributed by atoms with Gasteiger partial charge in [0, 0.05) is 13.0 Å². The van der Waals surface area contributed by atoms with E-state index < -0.39 is 12.1 Å². The highest BCUT2D eigenvalue weighted by molar-refractivity contribution is 5.72. The molecule has 0 spiro atoms. The third-order valence-corrected chi connectivity index (χ3v) is 2.19. The highest BCUT2D eigenvalue weighted by Crippen LogP contribution is 2.17. The van der Waals surface area contributed by atoms with E-state index in [1.807, 2.05) is 0 Å². The fourth-order valence-electron chi connectivity index (χ4n) is 1.45. The molecule has 13 heavy (non-hydrogen) atoms. The zero-order valence-corrected chi connectivity index (χ0v) is 7.44. The maximum atomic E-state index is 10.5. The fraction of sp³-hybridized carbons (Fsp3) is 0.875. The van der Waals surface area contributed by atoms with E-state index in [1.165, 1.54) is 0 Å². The lowest BCUT2D eigenvalue weighted by atomic mass is 10.0. The maximum Gasteiger partial charge on any atom is 0.335 e. The molecule has 0 bridgehead atoms. The minimum Gasteiger partial charge on any atom is -0.479 e. The molecule has 0 unspecified atom stereocenters. The topological polar surface area (TPSA) is 81.8 Å². The number of carboxylic acid groups (broad SMARTS) is 1. The van der Waals surface area contributed by atoms with Gasteiger partial charge in [-0.1, -0.05) is 0 Å². The van der Waals surface area contributed by atoms with E-state index in [-0.39, 0.29) is 6.10 Å². The lowest BCUT2D eigenvalue weighted by Gasteiger charge is -2.24. The van der Waals surface area contributed by atoms with Crippen molar-refractivity contribution in [3.63, 3.8) is 0 Å². The van der Waals surface area contributed by atoms with E-state index >= 15 is 0 Å². The molecular formula is C8H15NO4. The summed E-state index contributed by atoms with van der Waals surface area (Å²) in [5, 5.41) is 8.64. The Morgan fingerprint density at radius 3 is 2.92 bits per heavy atom. The Morgan fingerprint density at radius 1 is 1.69 bits per heavy atom. The quantitative estimate of drug-likeness (QED) is 0.621. The standard InChI is InChI=1S/C8H15NO4/c9-13-7(8(10)11)5-6-3-1-2-4-12-6/h6-7H,1-5,9H2,(H,10,11)/t6-,7+/m1/s1. The van der Waals surface area contributed by atoms with Crippen molar-refractivity contribution >= 4 is 5.97 Å². The van der Waals surface area contributed by atoms with Crippen molar-refractivity contribution < 1.29 is 19.5 Å². The molecule has 1 rings (SSSR count). The first-order valence-corrected chi connectivity index (χ1v) is 4.44. The Balaban J connectivity index is 2.31. The van der Waals surface area contributed by atoms with Gasteiger partial charge in [-0.2, -0.15) is 0 Å². The summed E-state index contributed by atoms with van der Waals surface area (Å²) in [5.41, 5.74) is 0. The predicted octanol–water partition coefficient (Wildman–Crippen LogP) is 0.289.